The highest BCUT2D eigenvalue weighted by atomic mass is 16.5. The topological polar surface area (TPSA) is 88.3 Å². The number of amides is 2. The van der Waals surface area contributed by atoms with Crippen LogP contribution in [0.5, 0.6) is 0 Å². The van der Waals surface area contributed by atoms with Gasteiger partial charge in [0.1, 0.15) is 0 Å². The molecule has 1 fully saturated rings. The second-order valence-electron chi connectivity index (χ2n) is 7.76. The van der Waals surface area contributed by atoms with Crippen LogP contribution in [0.3, 0.4) is 0 Å². The van der Waals surface area contributed by atoms with Gasteiger partial charge in [-0.1, -0.05) is 31.1 Å². The maximum atomic E-state index is 12.9. The average molecular weight is 404 g/mol. The number of hydrogen-bond acceptors (Lipinski definition) is 5. The standard InChI is InChI=1S/C23H24N4O3/c1-14(2)21-25-23(30-26-21)18-7-4-6-15(3)20(18)24-22(29)16-9-11-17(12-10-16)27-13-5-8-19(27)28/h4,6-7,9-12,14H,5,8,13H2,1-3H3,(H,24,29). The molecule has 3 aromatic rings. The predicted molar refractivity (Wildman–Crippen MR) is 115 cm³/mol. The molecule has 154 valence electrons. The number of anilines is 2. The Morgan fingerprint density at radius 3 is 2.57 bits per heavy atom. The van der Waals surface area contributed by atoms with Gasteiger partial charge in [-0.15, -0.1) is 0 Å². The molecule has 7 heteroatoms. The van der Waals surface area contributed by atoms with Crippen molar-refractivity contribution in [1.82, 2.24) is 10.1 Å². The van der Waals surface area contributed by atoms with Gasteiger partial charge in [0.05, 0.1) is 11.3 Å². The Labute approximate surface area is 175 Å². The lowest BCUT2D eigenvalue weighted by atomic mass is 10.1. The molecule has 7 nitrogen and oxygen atoms in total. The minimum absolute atomic E-state index is 0.122. The van der Waals surface area contributed by atoms with Crippen molar-refractivity contribution in [3.8, 4) is 11.5 Å². The Bertz CT molecular complexity index is 1090. The first-order valence-electron chi connectivity index (χ1n) is 10.1. The molecule has 1 aliphatic rings. The van der Waals surface area contributed by atoms with Gasteiger partial charge in [-0.25, -0.2) is 0 Å². The van der Waals surface area contributed by atoms with E-state index in [0.29, 0.717) is 35.0 Å². The number of nitrogens with zero attached hydrogens (tertiary/aromatic N) is 3. The van der Waals surface area contributed by atoms with Gasteiger partial charge in [0.15, 0.2) is 5.82 Å². The van der Waals surface area contributed by atoms with Crippen LogP contribution in [0.1, 0.15) is 54.4 Å². The van der Waals surface area contributed by atoms with E-state index in [0.717, 1.165) is 24.2 Å². The number of para-hydroxylation sites is 1. The fourth-order valence-corrected chi connectivity index (χ4v) is 3.49. The van der Waals surface area contributed by atoms with Crippen LogP contribution in [-0.2, 0) is 4.79 Å². The Hall–Kier alpha value is -3.48. The SMILES string of the molecule is Cc1cccc(-c2nc(C(C)C)no2)c1NC(=O)c1ccc(N2CCCC2=O)cc1. The molecule has 4 rings (SSSR count). The van der Waals surface area contributed by atoms with Gasteiger partial charge in [-0.05, 0) is 49.2 Å². The first-order chi connectivity index (χ1) is 14.4. The van der Waals surface area contributed by atoms with E-state index >= 15 is 0 Å². The summed E-state index contributed by atoms with van der Waals surface area (Å²) in [5, 5.41) is 7.01. The molecule has 0 unspecified atom stereocenters. The quantitative estimate of drug-likeness (QED) is 0.674. The van der Waals surface area contributed by atoms with Crippen LogP contribution in [-0.4, -0.2) is 28.5 Å². The van der Waals surface area contributed by atoms with Crippen LogP contribution in [0.2, 0.25) is 0 Å². The summed E-state index contributed by atoms with van der Waals surface area (Å²) < 4.78 is 5.43. The summed E-state index contributed by atoms with van der Waals surface area (Å²) in [7, 11) is 0. The number of aromatic nitrogens is 2. The molecular formula is C23H24N4O3. The van der Waals surface area contributed by atoms with Gasteiger partial charge in [0.25, 0.3) is 11.8 Å². The van der Waals surface area contributed by atoms with Gasteiger partial charge < -0.3 is 14.7 Å². The van der Waals surface area contributed by atoms with Crippen LogP contribution >= 0.6 is 0 Å². The first kappa shape index (κ1) is 19.8. The van der Waals surface area contributed by atoms with Crippen LogP contribution < -0.4 is 10.2 Å². The van der Waals surface area contributed by atoms with Gasteiger partial charge in [-0.3, -0.25) is 9.59 Å². The number of aryl methyl sites for hydroxylation is 1. The highest BCUT2D eigenvalue weighted by molar-refractivity contribution is 6.07. The van der Waals surface area contributed by atoms with Gasteiger partial charge in [0.2, 0.25) is 5.91 Å². The summed E-state index contributed by atoms with van der Waals surface area (Å²) >= 11 is 0. The number of benzene rings is 2. The van der Waals surface area contributed by atoms with E-state index in [-0.39, 0.29) is 17.7 Å². The third-order valence-electron chi connectivity index (χ3n) is 5.21. The first-order valence-corrected chi connectivity index (χ1v) is 10.1. The van der Waals surface area contributed by atoms with E-state index in [1.165, 1.54) is 0 Å². The predicted octanol–water partition coefficient (Wildman–Crippen LogP) is 4.55. The zero-order chi connectivity index (χ0) is 21.3. The Balaban J connectivity index is 1.58. The van der Waals surface area contributed by atoms with Crippen molar-refractivity contribution in [2.24, 2.45) is 0 Å². The fourth-order valence-electron chi connectivity index (χ4n) is 3.49. The van der Waals surface area contributed by atoms with Crippen molar-refractivity contribution < 1.29 is 14.1 Å². The summed E-state index contributed by atoms with van der Waals surface area (Å²) in [5.74, 6) is 1.02. The van der Waals surface area contributed by atoms with E-state index in [4.69, 9.17) is 4.52 Å². The average Bonchev–Trinajstić information content (AvgIpc) is 3.39. The molecule has 2 amide bonds. The molecule has 0 radical (unpaired) electrons. The molecule has 2 aromatic carbocycles. The fraction of sp³-hybridized carbons (Fsp3) is 0.304. The molecule has 0 spiro atoms. The Kier molecular flexibility index (Phi) is 5.35. The van der Waals surface area contributed by atoms with E-state index in [1.54, 1.807) is 17.0 Å². The molecule has 1 N–H and O–H groups in total. The van der Waals surface area contributed by atoms with Gasteiger partial charge in [0, 0.05) is 30.1 Å². The number of hydrogen-bond donors (Lipinski definition) is 1. The molecule has 30 heavy (non-hydrogen) atoms. The maximum absolute atomic E-state index is 12.9. The van der Waals surface area contributed by atoms with Crippen LogP contribution in [0.4, 0.5) is 11.4 Å². The number of rotatable bonds is 5. The highest BCUT2D eigenvalue weighted by Gasteiger charge is 2.22. The van der Waals surface area contributed by atoms with Crippen LogP contribution in [0.15, 0.2) is 47.0 Å². The van der Waals surface area contributed by atoms with E-state index in [9.17, 15) is 9.59 Å². The lowest BCUT2D eigenvalue weighted by molar-refractivity contribution is -0.117. The molecular weight excluding hydrogens is 380 g/mol. The number of carbonyl (C=O) groups excluding carboxylic acids is 2. The molecule has 1 aliphatic heterocycles. The maximum Gasteiger partial charge on any atom is 0.260 e. The Morgan fingerprint density at radius 1 is 1.17 bits per heavy atom. The summed E-state index contributed by atoms with van der Waals surface area (Å²) in [6.45, 7) is 6.63. The smallest absolute Gasteiger partial charge is 0.260 e. The zero-order valence-electron chi connectivity index (χ0n) is 17.3. The molecule has 1 saturated heterocycles. The highest BCUT2D eigenvalue weighted by Crippen LogP contribution is 2.31. The van der Waals surface area contributed by atoms with E-state index in [2.05, 4.69) is 15.5 Å². The van der Waals surface area contributed by atoms with Crippen LogP contribution in [0, 0.1) is 6.92 Å². The monoisotopic (exact) mass is 404 g/mol. The summed E-state index contributed by atoms with van der Waals surface area (Å²) in [4.78, 5) is 31.0. The van der Waals surface area contributed by atoms with Crippen molar-refractivity contribution in [3.05, 3.63) is 59.4 Å². The second kappa shape index (κ2) is 8.10. The normalized spacial score (nSPS) is 13.9. The molecule has 0 bridgehead atoms. The van der Waals surface area contributed by atoms with Gasteiger partial charge in [-0.2, -0.15) is 4.98 Å². The minimum atomic E-state index is -0.242. The second-order valence-corrected chi connectivity index (χ2v) is 7.76. The van der Waals surface area contributed by atoms with Crippen molar-refractivity contribution in [2.75, 3.05) is 16.8 Å². The Morgan fingerprint density at radius 2 is 1.93 bits per heavy atom. The van der Waals surface area contributed by atoms with Crippen molar-refractivity contribution in [3.63, 3.8) is 0 Å². The van der Waals surface area contributed by atoms with Crippen LogP contribution in [0.25, 0.3) is 11.5 Å². The lowest BCUT2D eigenvalue weighted by Crippen LogP contribution is -2.23. The summed E-state index contributed by atoms with van der Waals surface area (Å²) in [5.41, 5.74) is 3.54. The number of nitrogens with one attached hydrogen (secondary N) is 1. The largest absolute Gasteiger partial charge is 0.334 e. The minimum Gasteiger partial charge on any atom is -0.334 e. The lowest BCUT2D eigenvalue weighted by Gasteiger charge is -2.16. The molecule has 2 heterocycles. The third kappa shape index (κ3) is 3.83. The van der Waals surface area contributed by atoms with Gasteiger partial charge >= 0.3 is 0 Å². The molecule has 0 saturated carbocycles. The molecule has 1 aromatic heterocycles. The van der Waals surface area contributed by atoms with Crippen molar-refractivity contribution >= 4 is 23.2 Å². The third-order valence-corrected chi connectivity index (χ3v) is 5.21. The zero-order valence-corrected chi connectivity index (χ0v) is 17.3. The van der Waals surface area contributed by atoms with E-state index < -0.39 is 0 Å². The van der Waals surface area contributed by atoms with Crippen molar-refractivity contribution in [2.45, 2.75) is 39.5 Å². The summed E-state index contributed by atoms with van der Waals surface area (Å²) in [6.07, 6.45) is 1.44. The molecule has 0 atom stereocenters. The van der Waals surface area contributed by atoms with Crippen molar-refractivity contribution in [1.29, 1.82) is 0 Å². The number of carbonyl (C=O) groups is 2. The van der Waals surface area contributed by atoms with E-state index in [1.807, 2.05) is 51.1 Å². The molecule has 0 aliphatic carbocycles. The summed E-state index contributed by atoms with van der Waals surface area (Å²) in [6, 6.07) is 12.7.